The number of carboxylic acids is 1. The highest BCUT2D eigenvalue weighted by atomic mass is 16.4. The number of rotatable bonds is 7. The van der Waals surface area contributed by atoms with E-state index in [0.29, 0.717) is 6.54 Å². The number of carbonyl (C=O) groups is 1. The summed E-state index contributed by atoms with van der Waals surface area (Å²) in [6.45, 7) is 0.529. The van der Waals surface area contributed by atoms with Gasteiger partial charge in [-0.05, 0) is 60.6 Å². The molecule has 0 radical (unpaired) electrons. The number of nitrogens with zero attached hydrogens (tertiary/aromatic N) is 2. The van der Waals surface area contributed by atoms with Crippen molar-refractivity contribution in [3.63, 3.8) is 0 Å². The van der Waals surface area contributed by atoms with E-state index < -0.39 is 5.97 Å². The molecule has 2 heterocycles. The molecular weight excluding hydrogens is 350 g/mol. The maximum absolute atomic E-state index is 11.1. The van der Waals surface area contributed by atoms with Crippen molar-refractivity contribution in [3.8, 4) is 0 Å². The minimum absolute atomic E-state index is 0.182. The Balaban J connectivity index is 1.43. The summed E-state index contributed by atoms with van der Waals surface area (Å²) in [5, 5.41) is 12.6. The standard InChI is InChI=1S/C23H23N3O2/c27-23(28)18-11-12-24-19(14-18)15-26-21-9-8-20-17(10-13-25-22(20)21)7-6-16-4-2-1-3-5-16/h1-5,10-14,21,26H,6-9,15H2,(H,27,28). The normalized spacial score (nSPS) is 15.4. The highest BCUT2D eigenvalue weighted by molar-refractivity contribution is 5.87. The quantitative estimate of drug-likeness (QED) is 0.660. The number of carboxylic acid groups (broad SMARTS) is 1. The van der Waals surface area contributed by atoms with E-state index >= 15 is 0 Å². The van der Waals surface area contributed by atoms with E-state index in [1.807, 2.05) is 12.3 Å². The van der Waals surface area contributed by atoms with Crippen molar-refractivity contribution >= 4 is 5.97 Å². The lowest BCUT2D eigenvalue weighted by Gasteiger charge is -2.14. The van der Waals surface area contributed by atoms with E-state index in [1.165, 1.54) is 22.8 Å². The molecule has 5 nitrogen and oxygen atoms in total. The van der Waals surface area contributed by atoms with Gasteiger partial charge < -0.3 is 10.4 Å². The van der Waals surface area contributed by atoms with Crippen molar-refractivity contribution in [2.45, 2.75) is 38.3 Å². The van der Waals surface area contributed by atoms with Gasteiger partial charge in [0.2, 0.25) is 0 Å². The Hall–Kier alpha value is -3.05. The number of aryl methyl sites for hydroxylation is 2. The van der Waals surface area contributed by atoms with E-state index in [2.05, 4.69) is 45.6 Å². The molecule has 5 heteroatoms. The molecule has 1 aliphatic carbocycles. The van der Waals surface area contributed by atoms with Gasteiger partial charge >= 0.3 is 5.97 Å². The highest BCUT2D eigenvalue weighted by Gasteiger charge is 2.25. The van der Waals surface area contributed by atoms with E-state index in [-0.39, 0.29) is 11.6 Å². The summed E-state index contributed by atoms with van der Waals surface area (Å²) in [5.41, 5.74) is 6.21. The first-order chi connectivity index (χ1) is 13.7. The topological polar surface area (TPSA) is 75.1 Å². The molecule has 3 aromatic rings. The second-order valence-electron chi connectivity index (χ2n) is 7.13. The van der Waals surface area contributed by atoms with Crippen LogP contribution in [0, 0.1) is 0 Å². The molecule has 0 amide bonds. The molecule has 1 atom stereocenters. The molecule has 0 aliphatic heterocycles. The molecule has 142 valence electrons. The Kier molecular flexibility index (Phi) is 5.44. The zero-order valence-corrected chi connectivity index (χ0v) is 15.6. The van der Waals surface area contributed by atoms with E-state index in [4.69, 9.17) is 5.11 Å². The molecule has 2 N–H and O–H groups in total. The molecule has 4 rings (SSSR count). The Morgan fingerprint density at radius 2 is 1.89 bits per heavy atom. The Morgan fingerprint density at radius 3 is 2.71 bits per heavy atom. The number of aromatic carboxylic acids is 1. The van der Waals surface area contributed by atoms with Crippen LogP contribution in [0.3, 0.4) is 0 Å². The summed E-state index contributed by atoms with van der Waals surface area (Å²) in [4.78, 5) is 20.0. The first-order valence-electron chi connectivity index (χ1n) is 9.63. The lowest BCUT2D eigenvalue weighted by atomic mass is 10.00. The van der Waals surface area contributed by atoms with Gasteiger partial charge in [0.15, 0.2) is 0 Å². The van der Waals surface area contributed by atoms with Gasteiger partial charge in [0.1, 0.15) is 0 Å². The molecular formula is C23H23N3O2. The smallest absolute Gasteiger partial charge is 0.335 e. The highest BCUT2D eigenvalue weighted by Crippen LogP contribution is 2.32. The first kappa shape index (κ1) is 18.3. The van der Waals surface area contributed by atoms with Gasteiger partial charge in [0.05, 0.1) is 23.0 Å². The van der Waals surface area contributed by atoms with Gasteiger partial charge in [-0.25, -0.2) is 4.79 Å². The van der Waals surface area contributed by atoms with Crippen molar-refractivity contribution in [2.75, 3.05) is 0 Å². The largest absolute Gasteiger partial charge is 0.478 e. The molecule has 0 saturated heterocycles. The van der Waals surface area contributed by atoms with Crippen LogP contribution >= 0.6 is 0 Å². The van der Waals surface area contributed by atoms with Gasteiger partial charge in [-0.2, -0.15) is 0 Å². The number of nitrogens with one attached hydrogen (secondary N) is 1. The third-order valence-electron chi connectivity index (χ3n) is 5.32. The maximum Gasteiger partial charge on any atom is 0.335 e. The van der Waals surface area contributed by atoms with Crippen LogP contribution in [0.4, 0.5) is 0 Å². The third-order valence-corrected chi connectivity index (χ3v) is 5.32. The zero-order chi connectivity index (χ0) is 19.3. The van der Waals surface area contributed by atoms with Crippen molar-refractivity contribution in [1.82, 2.24) is 15.3 Å². The van der Waals surface area contributed by atoms with Crippen LogP contribution in [0.5, 0.6) is 0 Å². The minimum Gasteiger partial charge on any atom is -0.478 e. The number of fused-ring (bicyclic) bond motifs is 1. The number of pyridine rings is 2. The maximum atomic E-state index is 11.1. The third kappa shape index (κ3) is 4.10. The molecule has 1 aromatic carbocycles. The molecule has 1 aliphatic rings. The van der Waals surface area contributed by atoms with Gasteiger partial charge in [-0.15, -0.1) is 0 Å². The van der Waals surface area contributed by atoms with Crippen LogP contribution in [0.15, 0.2) is 60.9 Å². The number of hydrogen-bond donors (Lipinski definition) is 2. The summed E-state index contributed by atoms with van der Waals surface area (Å²) >= 11 is 0. The summed E-state index contributed by atoms with van der Waals surface area (Å²) in [5.74, 6) is -0.931. The van der Waals surface area contributed by atoms with Crippen LogP contribution in [0.25, 0.3) is 0 Å². The molecule has 28 heavy (non-hydrogen) atoms. The fraction of sp³-hybridized carbons (Fsp3) is 0.261. The van der Waals surface area contributed by atoms with Crippen molar-refractivity contribution in [1.29, 1.82) is 0 Å². The van der Waals surface area contributed by atoms with Crippen molar-refractivity contribution < 1.29 is 9.90 Å². The van der Waals surface area contributed by atoms with Crippen LogP contribution in [0.2, 0.25) is 0 Å². The first-order valence-corrected chi connectivity index (χ1v) is 9.63. The Bertz CT molecular complexity index is 973. The predicted molar refractivity (Wildman–Crippen MR) is 107 cm³/mol. The van der Waals surface area contributed by atoms with Crippen LogP contribution in [-0.2, 0) is 25.8 Å². The number of benzene rings is 1. The lowest BCUT2D eigenvalue weighted by molar-refractivity contribution is 0.0696. The van der Waals surface area contributed by atoms with Crippen LogP contribution in [0.1, 0.15) is 50.9 Å². The van der Waals surface area contributed by atoms with Gasteiger partial charge in [-0.1, -0.05) is 30.3 Å². The molecule has 0 spiro atoms. The average Bonchev–Trinajstić information content (AvgIpc) is 3.15. The minimum atomic E-state index is -0.931. The summed E-state index contributed by atoms with van der Waals surface area (Å²) in [6, 6.07) is 16.0. The molecule has 0 fully saturated rings. The van der Waals surface area contributed by atoms with Gasteiger partial charge in [-0.3, -0.25) is 9.97 Å². The summed E-state index contributed by atoms with van der Waals surface area (Å²) in [7, 11) is 0. The fourth-order valence-corrected chi connectivity index (χ4v) is 3.86. The van der Waals surface area contributed by atoms with E-state index in [9.17, 15) is 4.79 Å². The fourth-order valence-electron chi connectivity index (χ4n) is 3.86. The zero-order valence-electron chi connectivity index (χ0n) is 15.6. The summed E-state index contributed by atoms with van der Waals surface area (Å²) < 4.78 is 0. The lowest BCUT2D eigenvalue weighted by Crippen LogP contribution is -2.20. The Labute approximate surface area is 164 Å². The van der Waals surface area contributed by atoms with E-state index in [1.54, 1.807) is 12.3 Å². The average molecular weight is 373 g/mol. The number of aromatic nitrogens is 2. The van der Waals surface area contributed by atoms with E-state index in [0.717, 1.165) is 37.1 Å². The van der Waals surface area contributed by atoms with Gasteiger partial charge in [0, 0.05) is 18.9 Å². The second-order valence-corrected chi connectivity index (χ2v) is 7.13. The van der Waals surface area contributed by atoms with Crippen molar-refractivity contribution in [3.05, 3.63) is 94.6 Å². The van der Waals surface area contributed by atoms with Gasteiger partial charge in [0.25, 0.3) is 0 Å². The molecule has 2 aromatic heterocycles. The van der Waals surface area contributed by atoms with Crippen molar-refractivity contribution in [2.24, 2.45) is 0 Å². The monoisotopic (exact) mass is 373 g/mol. The molecule has 1 unspecified atom stereocenters. The van der Waals surface area contributed by atoms with Crippen LogP contribution < -0.4 is 5.32 Å². The predicted octanol–water partition coefficient (Wildman–Crippen LogP) is 3.74. The summed E-state index contributed by atoms with van der Waals surface area (Å²) in [6.07, 6.45) is 7.52. The molecule has 0 saturated carbocycles. The Morgan fingerprint density at radius 1 is 1.07 bits per heavy atom. The van der Waals surface area contributed by atoms with Crippen LogP contribution in [-0.4, -0.2) is 21.0 Å². The SMILES string of the molecule is O=C(O)c1ccnc(CNC2CCc3c(CCc4ccccc4)ccnc32)c1. The number of hydrogen-bond acceptors (Lipinski definition) is 4. The second kappa shape index (κ2) is 8.31. The molecule has 0 bridgehead atoms.